The third kappa shape index (κ3) is 1.89. The van der Waals surface area contributed by atoms with Gasteiger partial charge in [-0.2, -0.15) is 0 Å². The summed E-state index contributed by atoms with van der Waals surface area (Å²) in [6.07, 6.45) is 7.37. The Hall–Kier alpha value is -0.120. The highest BCUT2D eigenvalue weighted by Gasteiger charge is 2.39. The van der Waals surface area contributed by atoms with Crippen molar-refractivity contribution in [3.05, 3.63) is 0 Å². The van der Waals surface area contributed by atoms with E-state index in [0.29, 0.717) is 12.1 Å². The van der Waals surface area contributed by atoms with Gasteiger partial charge in [0, 0.05) is 18.6 Å². The van der Waals surface area contributed by atoms with Crippen molar-refractivity contribution in [2.75, 3.05) is 26.7 Å². The van der Waals surface area contributed by atoms with Gasteiger partial charge in [-0.05, 0) is 45.2 Å². The van der Waals surface area contributed by atoms with Crippen molar-refractivity contribution >= 4 is 0 Å². The molecule has 2 saturated heterocycles. The van der Waals surface area contributed by atoms with Gasteiger partial charge in [0.1, 0.15) is 0 Å². The minimum atomic E-state index is 0.435. The van der Waals surface area contributed by atoms with E-state index in [1.165, 1.54) is 38.6 Å². The average molecular weight is 224 g/mol. The van der Waals surface area contributed by atoms with Gasteiger partial charge in [-0.1, -0.05) is 6.42 Å². The van der Waals surface area contributed by atoms with Gasteiger partial charge in [-0.25, -0.2) is 0 Å². The van der Waals surface area contributed by atoms with E-state index in [1.54, 1.807) is 0 Å². The summed E-state index contributed by atoms with van der Waals surface area (Å²) in [7, 11) is 2.10. The predicted octanol–water partition coefficient (Wildman–Crippen LogP) is 1.24. The highest BCUT2D eigenvalue weighted by Crippen LogP contribution is 2.33. The molecule has 3 nitrogen and oxygen atoms in total. The number of hydrogen-bond acceptors (Lipinski definition) is 3. The lowest BCUT2D eigenvalue weighted by Gasteiger charge is -2.43. The molecule has 0 amide bonds. The van der Waals surface area contributed by atoms with E-state index in [1.807, 2.05) is 0 Å². The molecule has 2 heterocycles. The second-order valence-electron chi connectivity index (χ2n) is 5.67. The molecule has 1 saturated carbocycles. The van der Waals surface area contributed by atoms with Crippen LogP contribution in [0.5, 0.6) is 0 Å². The van der Waals surface area contributed by atoms with Gasteiger partial charge in [0.2, 0.25) is 0 Å². The Bertz CT molecular complexity index is 242. The van der Waals surface area contributed by atoms with Gasteiger partial charge in [0.05, 0.1) is 12.7 Å². The number of nitrogens with zero attached hydrogens (tertiary/aromatic N) is 1. The van der Waals surface area contributed by atoms with Gasteiger partial charge in [-0.3, -0.25) is 4.90 Å². The summed E-state index contributed by atoms with van der Waals surface area (Å²) in [5.41, 5.74) is 0. The fourth-order valence-corrected chi connectivity index (χ4v) is 3.58. The molecule has 3 unspecified atom stereocenters. The van der Waals surface area contributed by atoms with Crippen molar-refractivity contribution in [2.45, 2.75) is 50.3 Å². The molecule has 3 atom stereocenters. The molecule has 1 N–H and O–H groups in total. The summed E-state index contributed by atoms with van der Waals surface area (Å²) in [4.78, 5) is 2.65. The van der Waals surface area contributed by atoms with Crippen LogP contribution in [0.2, 0.25) is 0 Å². The molecule has 1 aliphatic carbocycles. The molecule has 2 aliphatic heterocycles. The Morgan fingerprint density at radius 1 is 1.25 bits per heavy atom. The lowest BCUT2D eigenvalue weighted by molar-refractivity contribution is -0.0780. The number of fused-ring (bicyclic) bond motifs is 1. The van der Waals surface area contributed by atoms with Crippen LogP contribution in [0.1, 0.15) is 32.1 Å². The fraction of sp³-hybridized carbons (Fsp3) is 1.00. The molecule has 0 aromatic heterocycles. The Morgan fingerprint density at radius 2 is 2.12 bits per heavy atom. The number of rotatable bonds is 3. The third-order valence-corrected chi connectivity index (χ3v) is 4.81. The minimum absolute atomic E-state index is 0.435. The van der Waals surface area contributed by atoms with Crippen LogP contribution in [-0.2, 0) is 4.74 Å². The van der Waals surface area contributed by atoms with Crippen LogP contribution in [0.3, 0.4) is 0 Å². The summed E-state index contributed by atoms with van der Waals surface area (Å²) in [6.45, 7) is 3.42. The lowest BCUT2D eigenvalue weighted by Crippen LogP contribution is -2.56. The van der Waals surface area contributed by atoms with E-state index in [2.05, 4.69) is 17.3 Å². The van der Waals surface area contributed by atoms with Gasteiger partial charge in [-0.15, -0.1) is 0 Å². The van der Waals surface area contributed by atoms with Crippen LogP contribution < -0.4 is 5.32 Å². The van der Waals surface area contributed by atoms with Crippen molar-refractivity contribution in [3.8, 4) is 0 Å². The molecule has 3 heteroatoms. The second kappa shape index (κ2) is 4.63. The summed E-state index contributed by atoms with van der Waals surface area (Å²) in [5.74, 6) is 0.870. The maximum absolute atomic E-state index is 6.10. The first-order valence-corrected chi connectivity index (χ1v) is 6.91. The van der Waals surface area contributed by atoms with E-state index in [4.69, 9.17) is 4.74 Å². The van der Waals surface area contributed by atoms with Crippen molar-refractivity contribution in [1.29, 1.82) is 0 Å². The molecule has 0 aromatic rings. The van der Waals surface area contributed by atoms with Crippen LogP contribution in [-0.4, -0.2) is 49.8 Å². The molecular formula is C13H24N2O. The summed E-state index contributed by atoms with van der Waals surface area (Å²) in [6, 6.07) is 1.32. The molecule has 0 radical (unpaired) electrons. The molecule has 0 aromatic carbocycles. The van der Waals surface area contributed by atoms with E-state index >= 15 is 0 Å². The van der Waals surface area contributed by atoms with E-state index in [0.717, 1.165) is 25.1 Å². The summed E-state index contributed by atoms with van der Waals surface area (Å²) in [5, 5.41) is 3.50. The van der Waals surface area contributed by atoms with Gasteiger partial charge < -0.3 is 10.1 Å². The molecule has 0 bridgehead atoms. The molecule has 3 aliphatic rings. The monoisotopic (exact) mass is 224 g/mol. The van der Waals surface area contributed by atoms with Crippen LogP contribution in [0.25, 0.3) is 0 Å². The minimum Gasteiger partial charge on any atom is -0.374 e. The van der Waals surface area contributed by atoms with Crippen LogP contribution in [0.4, 0.5) is 0 Å². The van der Waals surface area contributed by atoms with Gasteiger partial charge >= 0.3 is 0 Å². The highest BCUT2D eigenvalue weighted by molar-refractivity contribution is 4.94. The Labute approximate surface area is 98.5 Å². The first-order chi connectivity index (χ1) is 7.88. The van der Waals surface area contributed by atoms with Crippen molar-refractivity contribution in [3.63, 3.8) is 0 Å². The number of ether oxygens (including phenoxy) is 1. The van der Waals surface area contributed by atoms with E-state index in [9.17, 15) is 0 Å². The third-order valence-electron chi connectivity index (χ3n) is 4.81. The number of hydrogen-bond donors (Lipinski definition) is 1. The van der Waals surface area contributed by atoms with Crippen LogP contribution >= 0.6 is 0 Å². The smallest absolute Gasteiger partial charge is 0.0858 e. The summed E-state index contributed by atoms with van der Waals surface area (Å²) >= 11 is 0. The quantitative estimate of drug-likeness (QED) is 0.780. The Morgan fingerprint density at radius 3 is 2.81 bits per heavy atom. The van der Waals surface area contributed by atoms with Crippen molar-refractivity contribution < 1.29 is 4.74 Å². The zero-order valence-electron chi connectivity index (χ0n) is 10.3. The lowest BCUT2D eigenvalue weighted by atomic mass is 9.77. The molecular weight excluding hydrogens is 200 g/mol. The molecule has 92 valence electrons. The molecule has 3 fully saturated rings. The van der Waals surface area contributed by atoms with Crippen molar-refractivity contribution in [1.82, 2.24) is 10.2 Å². The van der Waals surface area contributed by atoms with Crippen LogP contribution in [0.15, 0.2) is 0 Å². The van der Waals surface area contributed by atoms with Gasteiger partial charge in [0.25, 0.3) is 0 Å². The van der Waals surface area contributed by atoms with E-state index < -0.39 is 0 Å². The topological polar surface area (TPSA) is 24.5 Å². The Balaban J connectivity index is 1.61. The fourth-order valence-electron chi connectivity index (χ4n) is 3.58. The van der Waals surface area contributed by atoms with E-state index in [-0.39, 0.29) is 0 Å². The first kappa shape index (κ1) is 11.0. The SMILES string of the molecule is CNC(C1CCC1)C1CN2CCCC2CO1. The van der Waals surface area contributed by atoms with Crippen LogP contribution in [0, 0.1) is 5.92 Å². The van der Waals surface area contributed by atoms with Crippen molar-refractivity contribution in [2.24, 2.45) is 5.92 Å². The second-order valence-corrected chi connectivity index (χ2v) is 5.67. The molecule has 0 spiro atoms. The maximum atomic E-state index is 6.10. The van der Waals surface area contributed by atoms with Gasteiger partial charge in [0.15, 0.2) is 0 Å². The zero-order chi connectivity index (χ0) is 11.0. The predicted molar refractivity (Wildman–Crippen MR) is 64.5 cm³/mol. The number of nitrogens with one attached hydrogen (secondary N) is 1. The maximum Gasteiger partial charge on any atom is 0.0858 e. The largest absolute Gasteiger partial charge is 0.374 e. The number of morpholine rings is 1. The number of likely N-dealkylation sites (N-methyl/N-ethyl adjacent to an activating group) is 1. The normalized spacial score (nSPS) is 38.1. The zero-order valence-corrected chi connectivity index (χ0v) is 10.3. The average Bonchev–Trinajstić information content (AvgIpc) is 2.69. The highest BCUT2D eigenvalue weighted by atomic mass is 16.5. The first-order valence-electron chi connectivity index (χ1n) is 6.91. The molecule has 16 heavy (non-hydrogen) atoms. The summed E-state index contributed by atoms with van der Waals surface area (Å²) < 4.78 is 6.10. The molecule has 3 rings (SSSR count). The Kier molecular flexibility index (Phi) is 3.18. The standard InChI is InChI=1S/C13H24N2O/c1-14-13(10-4-2-5-10)12-8-15-7-3-6-11(15)9-16-12/h10-14H,2-9H2,1H3.